The first-order valence-electron chi connectivity index (χ1n) is 3.43. The number of aromatic amines is 1. The molecule has 0 amide bonds. The summed E-state index contributed by atoms with van der Waals surface area (Å²) in [5.41, 5.74) is 5.72. The van der Waals surface area contributed by atoms with Crippen molar-refractivity contribution in [1.29, 1.82) is 0 Å². The second kappa shape index (κ2) is 2.20. The fourth-order valence-corrected chi connectivity index (χ4v) is 2.09. The smallest absolute Gasteiger partial charge is 0.278 e. The van der Waals surface area contributed by atoms with E-state index in [1.165, 1.54) is 9.58 Å². The summed E-state index contributed by atoms with van der Waals surface area (Å²) < 4.78 is 1.25. The number of fused-ring (bicyclic) bond motifs is 1. The molecular formula is C8H9N2S+. The Morgan fingerprint density at radius 1 is 1.55 bits per heavy atom. The lowest BCUT2D eigenvalue weighted by atomic mass is 10.3. The Morgan fingerprint density at radius 3 is 3.09 bits per heavy atom. The maximum atomic E-state index is 5.72. The molecular weight excluding hydrogens is 156 g/mol. The quantitative estimate of drug-likeness (QED) is 0.633. The van der Waals surface area contributed by atoms with E-state index in [4.69, 9.17) is 5.73 Å². The van der Waals surface area contributed by atoms with Crippen LogP contribution in [0, 0.1) is 6.92 Å². The van der Waals surface area contributed by atoms with Crippen molar-refractivity contribution in [2.24, 2.45) is 0 Å². The molecule has 0 atom stereocenters. The molecule has 0 fully saturated rings. The van der Waals surface area contributed by atoms with Gasteiger partial charge in [0.25, 0.3) is 5.82 Å². The van der Waals surface area contributed by atoms with Crippen LogP contribution in [0.2, 0.25) is 0 Å². The monoisotopic (exact) mass is 165 g/mol. The largest absolute Gasteiger partial charge is 0.287 e. The molecule has 0 aliphatic rings. The molecule has 3 N–H and O–H groups in total. The first kappa shape index (κ1) is 6.61. The molecule has 56 valence electrons. The van der Waals surface area contributed by atoms with E-state index in [1.807, 2.05) is 12.3 Å². The normalized spacial score (nSPS) is 10.6. The molecule has 0 spiro atoms. The van der Waals surface area contributed by atoms with Crippen LogP contribution in [0.25, 0.3) is 10.1 Å². The number of pyridine rings is 1. The van der Waals surface area contributed by atoms with Crippen LogP contribution in [0.1, 0.15) is 4.88 Å². The second-order valence-corrected chi connectivity index (χ2v) is 3.81. The minimum atomic E-state index is 0.756. The van der Waals surface area contributed by atoms with E-state index < -0.39 is 0 Å². The molecule has 2 rings (SSSR count). The first-order chi connectivity index (χ1) is 5.27. The minimum absolute atomic E-state index is 0.756. The van der Waals surface area contributed by atoms with Crippen molar-refractivity contribution >= 4 is 27.2 Å². The molecule has 3 heteroatoms. The maximum absolute atomic E-state index is 5.72. The van der Waals surface area contributed by atoms with Gasteiger partial charge in [0.15, 0.2) is 0 Å². The second-order valence-electron chi connectivity index (χ2n) is 2.53. The molecule has 2 nitrogen and oxygen atoms in total. The average molecular weight is 165 g/mol. The van der Waals surface area contributed by atoms with Crippen molar-refractivity contribution < 1.29 is 4.98 Å². The van der Waals surface area contributed by atoms with Crippen LogP contribution in [0.4, 0.5) is 5.82 Å². The van der Waals surface area contributed by atoms with Crippen LogP contribution in [0.3, 0.4) is 0 Å². The molecule has 2 aromatic heterocycles. The molecule has 0 radical (unpaired) electrons. The Kier molecular flexibility index (Phi) is 1.32. The van der Waals surface area contributed by atoms with E-state index in [9.17, 15) is 0 Å². The molecule has 11 heavy (non-hydrogen) atoms. The van der Waals surface area contributed by atoms with Gasteiger partial charge in [0, 0.05) is 9.58 Å². The van der Waals surface area contributed by atoms with Gasteiger partial charge in [0.2, 0.25) is 0 Å². The van der Waals surface area contributed by atoms with E-state index in [1.54, 1.807) is 11.3 Å². The lowest BCUT2D eigenvalue weighted by molar-refractivity contribution is -0.358. The number of nitrogen functional groups attached to an aromatic ring is 1. The summed E-state index contributed by atoms with van der Waals surface area (Å²) in [5.74, 6) is 0.756. The van der Waals surface area contributed by atoms with Crippen molar-refractivity contribution in [3.05, 3.63) is 23.2 Å². The lowest BCUT2D eigenvalue weighted by Crippen LogP contribution is -2.07. The summed E-state index contributed by atoms with van der Waals surface area (Å²) in [7, 11) is 0. The van der Waals surface area contributed by atoms with Crippen molar-refractivity contribution in [1.82, 2.24) is 0 Å². The fraction of sp³-hybridized carbons (Fsp3) is 0.125. The number of nitrogens with two attached hydrogens (primary N) is 1. The standard InChI is InChI=1S/C8H8N2S/c1-5-4-6-7(11-5)2-3-10-8(6)9/h2-4H,1H3,(H2,9,10)/p+1. The Balaban J connectivity index is 2.90. The number of thiophene rings is 1. The molecule has 0 bridgehead atoms. The number of hydrogen-bond donors (Lipinski definition) is 1. The van der Waals surface area contributed by atoms with Crippen molar-refractivity contribution in [3.8, 4) is 0 Å². The van der Waals surface area contributed by atoms with E-state index in [2.05, 4.69) is 18.0 Å². The predicted molar refractivity (Wildman–Crippen MR) is 47.5 cm³/mol. The molecule has 0 saturated carbocycles. The topological polar surface area (TPSA) is 40.2 Å². The van der Waals surface area contributed by atoms with Gasteiger partial charge < -0.3 is 0 Å². The first-order valence-corrected chi connectivity index (χ1v) is 4.25. The number of anilines is 1. The van der Waals surface area contributed by atoms with Gasteiger partial charge in [-0.3, -0.25) is 5.73 Å². The SMILES string of the molecule is Cc1cc2c(N)[nH+]ccc2s1. The summed E-state index contributed by atoms with van der Waals surface area (Å²) in [6.45, 7) is 2.09. The average Bonchev–Trinajstić information content (AvgIpc) is 2.31. The zero-order chi connectivity index (χ0) is 7.84. The summed E-state index contributed by atoms with van der Waals surface area (Å²) in [6, 6.07) is 4.15. The van der Waals surface area contributed by atoms with Crippen molar-refractivity contribution in [2.75, 3.05) is 5.73 Å². The van der Waals surface area contributed by atoms with Gasteiger partial charge >= 0.3 is 0 Å². The zero-order valence-electron chi connectivity index (χ0n) is 6.22. The molecule has 2 heterocycles. The van der Waals surface area contributed by atoms with E-state index >= 15 is 0 Å². The van der Waals surface area contributed by atoms with Gasteiger partial charge in [-0.2, -0.15) is 0 Å². The summed E-state index contributed by atoms with van der Waals surface area (Å²) in [6.07, 6.45) is 1.87. The number of aromatic nitrogens is 1. The highest BCUT2D eigenvalue weighted by molar-refractivity contribution is 7.19. The maximum Gasteiger partial charge on any atom is 0.278 e. The number of hydrogen-bond acceptors (Lipinski definition) is 2. The van der Waals surface area contributed by atoms with Crippen LogP contribution in [-0.4, -0.2) is 0 Å². The highest BCUT2D eigenvalue weighted by atomic mass is 32.1. The zero-order valence-corrected chi connectivity index (χ0v) is 7.03. The molecule has 0 aliphatic heterocycles. The van der Waals surface area contributed by atoms with Gasteiger partial charge in [0.1, 0.15) is 0 Å². The van der Waals surface area contributed by atoms with Crippen LogP contribution >= 0.6 is 11.3 Å². The predicted octanol–water partition coefficient (Wildman–Crippen LogP) is 1.61. The fourth-order valence-electron chi connectivity index (χ4n) is 1.15. The molecule has 2 aromatic rings. The van der Waals surface area contributed by atoms with Gasteiger partial charge in [-0.15, -0.1) is 11.3 Å². The van der Waals surface area contributed by atoms with Crippen LogP contribution < -0.4 is 10.7 Å². The number of rotatable bonds is 0. The van der Waals surface area contributed by atoms with Crippen molar-refractivity contribution in [3.63, 3.8) is 0 Å². The highest BCUT2D eigenvalue weighted by Crippen LogP contribution is 2.25. The third-order valence-electron chi connectivity index (χ3n) is 1.65. The summed E-state index contributed by atoms with van der Waals surface area (Å²) >= 11 is 1.77. The molecule has 0 unspecified atom stereocenters. The number of aryl methyl sites for hydroxylation is 1. The van der Waals surface area contributed by atoms with Crippen LogP contribution in [-0.2, 0) is 0 Å². The van der Waals surface area contributed by atoms with Gasteiger partial charge in [-0.05, 0) is 19.1 Å². The van der Waals surface area contributed by atoms with E-state index in [0.29, 0.717) is 0 Å². The molecule has 0 saturated heterocycles. The minimum Gasteiger partial charge on any atom is -0.287 e. The third-order valence-corrected chi connectivity index (χ3v) is 2.66. The molecule has 0 aliphatic carbocycles. The van der Waals surface area contributed by atoms with E-state index in [-0.39, 0.29) is 0 Å². The third kappa shape index (κ3) is 0.973. The lowest BCUT2D eigenvalue weighted by Gasteiger charge is -1.85. The van der Waals surface area contributed by atoms with Crippen molar-refractivity contribution in [2.45, 2.75) is 6.92 Å². The molecule has 0 aromatic carbocycles. The Hall–Kier alpha value is -1.09. The van der Waals surface area contributed by atoms with Gasteiger partial charge in [-0.1, -0.05) is 0 Å². The summed E-state index contributed by atoms with van der Waals surface area (Å²) in [4.78, 5) is 4.27. The van der Waals surface area contributed by atoms with E-state index in [0.717, 1.165) is 11.2 Å². The van der Waals surface area contributed by atoms with Crippen LogP contribution in [0.15, 0.2) is 18.3 Å². The Labute approximate surface area is 68.7 Å². The number of nitrogens with one attached hydrogen (secondary N) is 1. The highest BCUT2D eigenvalue weighted by Gasteiger charge is 2.04. The Morgan fingerprint density at radius 2 is 2.36 bits per heavy atom. The van der Waals surface area contributed by atoms with Gasteiger partial charge in [0.05, 0.1) is 11.6 Å². The van der Waals surface area contributed by atoms with Crippen LogP contribution in [0.5, 0.6) is 0 Å². The van der Waals surface area contributed by atoms with Gasteiger partial charge in [-0.25, -0.2) is 4.98 Å². The Bertz CT molecular complexity index is 392. The summed E-state index contributed by atoms with van der Waals surface area (Å²) in [5, 5.41) is 1.13. The number of H-pyrrole nitrogens is 1.